The highest BCUT2D eigenvalue weighted by atomic mass is 16.5. The average molecular weight is 173 g/mol. The smallest absolute Gasteiger partial charge is 0.0704 e. The Morgan fingerprint density at radius 3 is 2.67 bits per heavy atom. The van der Waals surface area contributed by atoms with Gasteiger partial charge in [-0.2, -0.15) is 0 Å². The summed E-state index contributed by atoms with van der Waals surface area (Å²) in [5, 5.41) is 3.22. The molecule has 1 fully saturated rings. The normalized spacial score (nSPS) is 28.5. The van der Waals surface area contributed by atoms with Gasteiger partial charge in [0.1, 0.15) is 0 Å². The van der Waals surface area contributed by atoms with Gasteiger partial charge in [0, 0.05) is 12.6 Å². The van der Waals surface area contributed by atoms with Crippen molar-refractivity contribution in [3.05, 3.63) is 0 Å². The summed E-state index contributed by atoms with van der Waals surface area (Å²) >= 11 is 0. The second kappa shape index (κ2) is 5.51. The van der Waals surface area contributed by atoms with E-state index in [2.05, 4.69) is 5.32 Å². The topological polar surface area (TPSA) is 30.5 Å². The molecule has 72 valence electrons. The van der Waals surface area contributed by atoms with Gasteiger partial charge in [-0.05, 0) is 26.8 Å². The van der Waals surface area contributed by atoms with Gasteiger partial charge in [-0.1, -0.05) is 0 Å². The second-order valence-electron chi connectivity index (χ2n) is 3.15. The van der Waals surface area contributed by atoms with Gasteiger partial charge in [-0.3, -0.25) is 0 Å². The summed E-state index contributed by atoms with van der Waals surface area (Å²) < 4.78 is 10.7. The molecule has 1 aliphatic rings. The van der Waals surface area contributed by atoms with Crippen molar-refractivity contribution in [2.24, 2.45) is 0 Å². The molecule has 0 aromatic heterocycles. The third kappa shape index (κ3) is 3.09. The van der Waals surface area contributed by atoms with E-state index in [9.17, 15) is 0 Å². The van der Waals surface area contributed by atoms with E-state index in [-0.39, 0.29) is 0 Å². The van der Waals surface area contributed by atoms with Crippen LogP contribution in [0, 0.1) is 0 Å². The third-order valence-corrected chi connectivity index (χ3v) is 2.29. The van der Waals surface area contributed by atoms with Crippen molar-refractivity contribution >= 4 is 0 Å². The highest BCUT2D eigenvalue weighted by Gasteiger charge is 2.27. The van der Waals surface area contributed by atoms with Crippen molar-refractivity contribution in [3.8, 4) is 0 Å². The minimum Gasteiger partial charge on any atom is -0.379 e. The van der Waals surface area contributed by atoms with E-state index in [0.717, 1.165) is 32.7 Å². The van der Waals surface area contributed by atoms with Crippen LogP contribution in [0.5, 0.6) is 0 Å². The number of hydrogen-bond acceptors (Lipinski definition) is 3. The Morgan fingerprint density at radius 1 is 1.33 bits per heavy atom. The van der Waals surface area contributed by atoms with Crippen LogP contribution in [0.2, 0.25) is 0 Å². The zero-order valence-electron chi connectivity index (χ0n) is 8.01. The number of ether oxygens (including phenoxy) is 2. The zero-order chi connectivity index (χ0) is 8.81. The first kappa shape index (κ1) is 9.96. The summed E-state index contributed by atoms with van der Waals surface area (Å²) in [5.74, 6) is 0. The van der Waals surface area contributed by atoms with Gasteiger partial charge in [0.05, 0.1) is 19.3 Å². The van der Waals surface area contributed by atoms with E-state index in [0.29, 0.717) is 12.1 Å². The molecule has 0 saturated heterocycles. The van der Waals surface area contributed by atoms with Crippen molar-refractivity contribution in [2.75, 3.05) is 26.9 Å². The predicted molar refractivity (Wildman–Crippen MR) is 48.3 cm³/mol. The fourth-order valence-electron chi connectivity index (χ4n) is 1.36. The summed E-state index contributed by atoms with van der Waals surface area (Å²) in [4.78, 5) is 0. The van der Waals surface area contributed by atoms with E-state index in [4.69, 9.17) is 9.47 Å². The first-order chi connectivity index (χ1) is 5.86. The molecule has 1 N–H and O–H groups in total. The fraction of sp³-hybridized carbons (Fsp3) is 1.00. The second-order valence-corrected chi connectivity index (χ2v) is 3.15. The molecule has 1 saturated carbocycles. The average Bonchev–Trinajstić information content (AvgIpc) is 2.01. The number of nitrogens with one attached hydrogen (secondary N) is 1. The van der Waals surface area contributed by atoms with Crippen molar-refractivity contribution in [1.29, 1.82) is 0 Å². The van der Waals surface area contributed by atoms with Crippen molar-refractivity contribution in [1.82, 2.24) is 5.32 Å². The van der Waals surface area contributed by atoms with Crippen molar-refractivity contribution in [3.63, 3.8) is 0 Å². The van der Waals surface area contributed by atoms with Crippen LogP contribution >= 0.6 is 0 Å². The lowest BCUT2D eigenvalue weighted by atomic mass is 9.89. The van der Waals surface area contributed by atoms with Crippen LogP contribution in [0.15, 0.2) is 0 Å². The zero-order valence-corrected chi connectivity index (χ0v) is 8.01. The predicted octanol–water partition coefficient (Wildman–Crippen LogP) is 0.790. The van der Waals surface area contributed by atoms with Crippen LogP contribution in [-0.2, 0) is 9.47 Å². The Hall–Kier alpha value is -0.120. The molecule has 0 amide bonds. The first-order valence-corrected chi connectivity index (χ1v) is 4.73. The standard InChI is InChI=1S/C9H19NO2/c1-3-11-4-5-12-9-6-8(7-9)10-2/h8-10H,3-7H2,1-2H3/t8-,9-. The van der Waals surface area contributed by atoms with E-state index < -0.39 is 0 Å². The van der Waals surface area contributed by atoms with Gasteiger partial charge in [-0.15, -0.1) is 0 Å². The van der Waals surface area contributed by atoms with Crippen LogP contribution in [0.4, 0.5) is 0 Å². The van der Waals surface area contributed by atoms with Gasteiger partial charge in [0.25, 0.3) is 0 Å². The van der Waals surface area contributed by atoms with E-state index in [1.807, 2.05) is 14.0 Å². The Labute approximate surface area is 74.4 Å². The quantitative estimate of drug-likeness (QED) is 0.602. The van der Waals surface area contributed by atoms with Gasteiger partial charge < -0.3 is 14.8 Å². The van der Waals surface area contributed by atoms with Crippen LogP contribution in [0.25, 0.3) is 0 Å². The number of hydrogen-bond donors (Lipinski definition) is 1. The van der Waals surface area contributed by atoms with Gasteiger partial charge in [0.15, 0.2) is 0 Å². The summed E-state index contributed by atoms with van der Waals surface area (Å²) in [6.07, 6.45) is 2.79. The summed E-state index contributed by atoms with van der Waals surface area (Å²) in [6, 6.07) is 0.682. The summed E-state index contributed by atoms with van der Waals surface area (Å²) in [5.41, 5.74) is 0. The molecule has 0 aromatic carbocycles. The fourth-order valence-corrected chi connectivity index (χ4v) is 1.36. The Kier molecular flexibility index (Phi) is 4.58. The molecule has 12 heavy (non-hydrogen) atoms. The van der Waals surface area contributed by atoms with Crippen LogP contribution in [-0.4, -0.2) is 39.0 Å². The first-order valence-electron chi connectivity index (χ1n) is 4.73. The minimum absolute atomic E-state index is 0.475. The van der Waals surface area contributed by atoms with Crippen LogP contribution < -0.4 is 5.32 Å². The monoisotopic (exact) mass is 173 g/mol. The molecular weight excluding hydrogens is 154 g/mol. The minimum atomic E-state index is 0.475. The molecular formula is C9H19NO2. The van der Waals surface area contributed by atoms with Crippen molar-refractivity contribution in [2.45, 2.75) is 31.9 Å². The molecule has 0 heterocycles. The molecule has 0 aromatic rings. The van der Waals surface area contributed by atoms with E-state index in [1.54, 1.807) is 0 Å². The SMILES string of the molecule is CCOCCO[C@H]1C[C@H](NC)C1. The highest BCUT2D eigenvalue weighted by molar-refractivity contribution is 4.84. The molecule has 3 nitrogen and oxygen atoms in total. The summed E-state index contributed by atoms with van der Waals surface area (Å²) in [7, 11) is 2.00. The molecule has 3 heteroatoms. The molecule has 0 radical (unpaired) electrons. The lowest BCUT2D eigenvalue weighted by Gasteiger charge is -2.34. The maximum atomic E-state index is 5.55. The molecule has 0 bridgehead atoms. The van der Waals surface area contributed by atoms with Crippen LogP contribution in [0.3, 0.4) is 0 Å². The molecule has 1 rings (SSSR count). The molecule has 0 aliphatic heterocycles. The molecule has 0 spiro atoms. The van der Waals surface area contributed by atoms with Gasteiger partial charge in [-0.25, -0.2) is 0 Å². The van der Waals surface area contributed by atoms with Gasteiger partial charge >= 0.3 is 0 Å². The number of rotatable bonds is 6. The largest absolute Gasteiger partial charge is 0.379 e. The van der Waals surface area contributed by atoms with Crippen LogP contribution in [0.1, 0.15) is 19.8 Å². The lowest BCUT2D eigenvalue weighted by Crippen LogP contribution is -2.44. The molecule has 0 unspecified atom stereocenters. The lowest BCUT2D eigenvalue weighted by molar-refractivity contribution is -0.0393. The molecule has 0 atom stereocenters. The maximum absolute atomic E-state index is 5.55. The van der Waals surface area contributed by atoms with E-state index in [1.165, 1.54) is 0 Å². The van der Waals surface area contributed by atoms with Crippen molar-refractivity contribution < 1.29 is 9.47 Å². The third-order valence-electron chi connectivity index (χ3n) is 2.29. The highest BCUT2D eigenvalue weighted by Crippen LogP contribution is 2.22. The molecule has 1 aliphatic carbocycles. The Morgan fingerprint density at radius 2 is 2.08 bits per heavy atom. The van der Waals surface area contributed by atoms with Gasteiger partial charge in [0.2, 0.25) is 0 Å². The Balaban J connectivity index is 1.83. The van der Waals surface area contributed by atoms with E-state index >= 15 is 0 Å². The Bertz CT molecular complexity index is 113. The maximum Gasteiger partial charge on any atom is 0.0704 e. The summed E-state index contributed by atoms with van der Waals surface area (Å²) in [6.45, 7) is 4.26.